The largest absolute Gasteiger partial charge is 0.454 e. The van der Waals surface area contributed by atoms with Crippen LogP contribution in [0.3, 0.4) is 0 Å². The highest BCUT2D eigenvalue weighted by atomic mass is 32.2. The van der Waals surface area contributed by atoms with E-state index in [1.54, 1.807) is 30.0 Å². The maximum absolute atomic E-state index is 13.3. The topological polar surface area (TPSA) is 93.9 Å². The van der Waals surface area contributed by atoms with Gasteiger partial charge in [-0.2, -0.15) is 0 Å². The lowest BCUT2D eigenvalue weighted by Gasteiger charge is -2.31. The normalized spacial score (nSPS) is 15.4. The van der Waals surface area contributed by atoms with Crippen molar-refractivity contribution >= 4 is 29.3 Å². The summed E-state index contributed by atoms with van der Waals surface area (Å²) in [4.78, 5) is 28.8. The van der Waals surface area contributed by atoms with E-state index < -0.39 is 0 Å². The van der Waals surface area contributed by atoms with E-state index in [0.29, 0.717) is 54.4 Å². The SMILES string of the molecule is Cc1cc(CSc2ccccc2C(=O)N2CCC(C(=O)Nc3ccc4c(c3)OCO4)CC2)no1. The first-order valence-electron chi connectivity index (χ1n) is 11.2. The molecule has 176 valence electrons. The summed E-state index contributed by atoms with van der Waals surface area (Å²) in [5.41, 5.74) is 2.20. The fraction of sp³-hybridized carbons (Fsp3) is 0.320. The number of aromatic nitrogens is 1. The molecule has 1 N–H and O–H groups in total. The summed E-state index contributed by atoms with van der Waals surface area (Å²) in [6.45, 7) is 3.14. The maximum Gasteiger partial charge on any atom is 0.254 e. The number of fused-ring (bicyclic) bond motifs is 1. The van der Waals surface area contributed by atoms with Gasteiger partial charge >= 0.3 is 0 Å². The van der Waals surface area contributed by atoms with Crippen LogP contribution in [0.5, 0.6) is 11.5 Å². The molecule has 0 saturated carbocycles. The molecule has 0 aliphatic carbocycles. The molecule has 2 aliphatic heterocycles. The van der Waals surface area contributed by atoms with Gasteiger partial charge in [0.25, 0.3) is 5.91 Å². The number of anilines is 1. The van der Waals surface area contributed by atoms with Crippen LogP contribution in [0.4, 0.5) is 5.69 Å². The number of likely N-dealkylation sites (tertiary alicyclic amines) is 1. The van der Waals surface area contributed by atoms with Crippen LogP contribution in [0.25, 0.3) is 0 Å². The van der Waals surface area contributed by atoms with Gasteiger partial charge in [0.1, 0.15) is 5.76 Å². The van der Waals surface area contributed by atoms with Crippen molar-refractivity contribution in [2.24, 2.45) is 5.92 Å². The Morgan fingerprint density at radius 3 is 2.68 bits per heavy atom. The summed E-state index contributed by atoms with van der Waals surface area (Å²) in [6, 6.07) is 14.9. The van der Waals surface area contributed by atoms with Gasteiger partial charge in [-0.3, -0.25) is 9.59 Å². The van der Waals surface area contributed by atoms with Crippen molar-refractivity contribution in [3.05, 3.63) is 65.5 Å². The lowest BCUT2D eigenvalue weighted by Crippen LogP contribution is -2.41. The second-order valence-corrected chi connectivity index (χ2v) is 9.35. The molecule has 5 rings (SSSR count). The number of hydrogen-bond acceptors (Lipinski definition) is 7. The number of carbonyl (C=O) groups is 2. The minimum Gasteiger partial charge on any atom is -0.454 e. The Kier molecular flexibility index (Phi) is 6.44. The Balaban J connectivity index is 1.17. The van der Waals surface area contributed by atoms with E-state index >= 15 is 0 Å². The molecule has 0 bridgehead atoms. The average molecular weight is 480 g/mol. The second kappa shape index (κ2) is 9.80. The first kappa shape index (κ1) is 22.3. The zero-order chi connectivity index (χ0) is 23.5. The van der Waals surface area contributed by atoms with E-state index in [4.69, 9.17) is 14.0 Å². The Bertz CT molecular complexity index is 1200. The van der Waals surface area contributed by atoms with Gasteiger partial charge in [0, 0.05) is 47.5 Å². The highest BCUT2D eigenvalue weighted by molar-refractivity contribution is 7.98. The molecule has 3 heterocycles. The molecule has 3 aromatic rings. The van der Waals surface area contributed by atoms with Gasteiger partial charge < -0.3 is 24.2 Å². The number of thioether (sulfide) groups is 1. The predicted molar refractivity (Wildman–Crippen MR) is 127 cm³/mol. The highest BCUT2D eigenvalue weighted by Crippen LogP contribution is 2.34. The fourth-order valence-electron chi connectivity index (χ4n) is 4.14. The second-order valence-electron chi connectivity index (χ2n) is 8.34. The van der Waals surface area contributed by atoms with Crippen LogP contribution in [-0.2, 0) is 10.5 Å². The lowest BCUT2D eigenvalue weighted by molar-refractivity contribution is -0.121. The molecule has 0 spiro atoms. The molecule has 34 heavy (non-hydrogen) atoms. The van der Waals surface area contributed by atoms with Gasteiger partial charge in [-0.05, 0) is 44.0 Å². The summed E-state index contributed by atoms with van der Waals surface area (Å²) in [6.07, 6.45) is 1.24. The summed E-state index contributed by atoms with van der Waals surface area (Å²) >= 11 is 1.57. The first-order valence-corrected chi connectivity index (χ1v) is 12.2. The molecule has 1 saturated heterocycles. The number of rotatable bonds is 6. The first-order chi connectivity index (χ1) is 16.6. The minimum absolute atomic E-state index is 0.00550. The molecular formula is C25H25N3O5S. The third-order valence-electron chi connectivity index (χ3n) is 5.96. The van der Waals surface area contributed by atoms with Crippen LogP contribution in [-0.4, -0.2) is 41.8 Å². The number of hydrogen-bond donors (Lipinski definition) is 1. The van der Waals surface area contributed by atoms with E-state index in [1.165, 1.54) is 0 Å². The molecule has 0 atom stereocenters. The van der Waals surface area contributed by atoms with Crippen LogP contribution in [0.15, 0.2) is 57.9 Å². The molecule has 0 radical (unpaired) electrons. The minimum atomic E-state index is -0.144. The van der Waals surface area contributed by atoms with E-state index in [-0.39, 0.29) is 24.5 Å². The van der Waals surface area contributed by atoms with E-state index in [0.717, 1.165) is 16.3 Å². The monoisotopic (exact) mass is 479 g/mol. The van der Waals surface area contributed by atoms with Crippen molar-refractivity contribution in [2.45, 2.75) is 30.4 Å². The van der Waals surface area contributed by atoms with Crippen molar-refractivity contribution in [3.63, 3.8) is 0 Å². The quantitative estimate of drug-likeness (QED) is 0.521. The number of carbonyl (C=O) groups excluding carboxylic acids is 2. The number of benzene rings is 2. The predicted octanol–water partition coefficient (Wildman–Crippen LogP) is 4.49. The van der Waals surface area contributed by atoms with Gasteiger partial charge in [0.15, 0.2) is 11.5 Å². The Hall–Kier alpha value is -3.46. The number of piperidine rings is 1. The van der Waals surface area contributed by atoms with E-state index in [1.807, 2.05) is 42.2 Å². The van der Waals surface area contributed by atoms with E-state index in [2.05, 4.69) is 10.5 Å². The van der Waals surface area contributed by atoms with Crippen LogP contribution < -0.4 is 14.8 Å². The van der Waals surface area contributed by atoms with Gasteiger partial charge in [0.2, 0.25) is 12.7 Å². The number of nitrogens with zero attached hydrogens (tertiary/aromatic N) is 2. The van der Waals surface area contributed by atoms with Crippen LogP contribution in [0.2, 0.25) is 0 Å². The van der Waals surface area contributed by atoms with E-state index in [9.17, 15) is 9.59 Å². The van der Waals surface area contributed by atoms with Crippen LogP contribution >= 0.6 is 11.8 Å². The van der Waals surface area contributed by atoms with Gasteiger partial charge in [-0.1, -0.05) is 17.3 Å². The Morgan fingerprint density at radius 2 is 1.88 bits per heavy atom. The molecule has 1 aromatic heterocycles. The number of amides is 2. The standard InChI is InChI=1S/C25H25N3O5S/c1-16-12-19(27-33-16)14-34-23-5-3-2-4-20(23)25(30)28-10-8-17(9-11-28)24(29)26-18-6-7-21-22(13-18)32-15-31-21/h2-7,12-13,17H,8-11,14-15H2,1H3,(H,26,29). The summed E-state index contributed by atoms with van der Waals surface area (Å²) in [5, 5.41) is 6.99. The van der Waals surface area contributed by atoms with Gasteiger partial charge in [-0.15, -0.1) is 11.8 Å². The van der Waals surface area contributed by atoms with Crippen molar-refractivity contribution in [3.8, 4) is 11.5 Å². The molecule has 2 aromatic carbocycles. The highest BCUT2D eigenvalue weighted by Gasteiger charge is 2.29. The number of aryl methyl sites for hydroxylation is 1. The average Bonchev–Trinajstić information content (AvgIpc) is 3.51. The molecule has 9 heteroatoms. The Labute approximate surface area is 201 Å². The smallest absolute Gasteiger partial charge is 0.254 e. The third-order valence-corrected chi connectivity index (χ3v) is 7.07. The zero-order valence-corrected chi connectivity index (χ0v) is 19.6. The van der Waals surface area contributed by atoms with Gasteiger partial charge in [-0.25, -0.2) is 0 Å². The van der Waals surface area contributed by atoms with Crippen molar-refractivity contribution in [1.82, 2.24) is 10.1 Å². The summed E-state index contributed by atoms with van der Waals surface area (Å²) in [5.74, 6) is 2.52. The molecule has 2 amide bonds. The van der Waals surface area contributed by atoms with Crippen LogP contribution in [0, 0.1) is 12.8 Å². The molecule has 8 nitrogen and oxygen atoms in total. The molecule has 1 fully saturated rings. The molecule has 0 unspecified atom stereocenters. The fourth-order valence-corrected chi connectivity index (χ4v) is 5.07. The van der Waals surface area contributed by atoms with Crippen molar-refractivity contribution < 1.29 is 23.6 Å². The van der Waals surface area contributed by atoms with Crippen LogP contribution in [0.1, 0.15) is 34.7 Å². The van der Waals surface area contributed by atoms with Crippen molar-refractivity contribution in [1.29, 1.82) is 0 Å². The summed E-state index contributed by atoms with van der Waals surface area (Å²) in [7, 11) is 0. The maximum atomic E-state index is 13.3. The van der Waals surface area contributed by atoms with Gasteiger partial charge in [0.05, 0.1) is 11.3 Å². The molecular weight excluding hydrogens is 454 g/mol. The zero-order valence-electron chi connectivity index (χ0n) is 18.8. The number of ether oxygens (including phenoxy) is 2. The lowest BCUT2D eigenvalue weighted by atomic mass is 9.95. The molecule has 2 aliphatic rings. The summed E-state index contributed by atoms with van der Waals surface area (Å²) < 4.78 is 15.8. The number of nitrogens with one attached hydrogen (secondary N) is 1. The third kappa shape index (κ3) is 4.89. The van der Waals surface area contributed by atoms with Crippen molar-refractivity contribution in [2.75, 3.05) is 25.2 Å². The Morgan fingerprint density at radius 1 is 1.09 bits per heavy atom.